The molecule has 2 unspecified atom stereocenters. The fourth-order valence-electron chi connectivity index (χ4n) is 2.79. The molecule has 0 radical (unpaired) electrons. The molecule has 1 aromatic carbocycles. The van der Waals surface area contributed by atoms with Crippen molar-refractivity contribution >= 4 is 15.6 Å². The van der Waals surface area contributed by atoms with E-state index in [1.165, 1.54) is 30.5 Å². The van der Waals surface area contributed by atoms with Gasteiger partial charge in [0.2, 0.25) is 0 Å². The first-order valence-electron chi connectivity index (χ1n) is 6.98. The van der Waals surface area contributed by atoms with Crippen molar-refractivity contribution in [2.45, 2.75) is 29.9 Å². The van der Waals surface area contributed by atoms with Crippen LogP contribution in [0.2, 0.25) is 0 Å². The van der Waals surface area contributed by atoms with Gasteiger partial charge in [-0.25, -0.2) is 12.8 Å². The molecule has 0 aliphatic carbocycles. The van der Waals surface area contributed by atoms with E-state index in [-0.39, 0.29) is 22.9 Å². The van der Waals surface area contributed by atoms with Gasteiger partial charge in [-0.15, -0.1) is 0 Å². The average molecular weight is 338 g/mol. The van der Waals surface area contributed by atoms with Gasteiger partial charge >= 0.3 is 0 Å². The SMILES string of the molecule is CC1OC(c2ccc(S(C)(=O)=O)cc2)(c2occc2F)CC1=O. The molecule has 0 N–H and O–H groups in total. The third-order valence-electron chi connectivity index (χ3n) is 3.99. The van der Waals surface area contributed by atoms with Crippen molar-refractivity contribution in [3.63, 3.8) is 0 Å². The van der Waals surface area contributed by atoms with Crippen LogP contribution in [0.25, 0.3) is 0 Å². The van der Waals surface area contributed by atoms with Crippen molar-refractivity contribution in [3.8, 4) is 0 Å². The third kappa shape index (κ3) is 2.60. The smallest absolute Gasteiger partial charge is 0.176 e. The number of ketones is 1. The molecule has 23 heavy (non-hydrogen) atoms. The van der Waals surface area contributed by atoms with Gasteiger partial charge in [-0.2, -0.15) is 0 Å². The second-order valence-electron chi connectivity index (χ2n) is 5.62. The maximum Gasteiger partial charge on any atom is 0.176 e. The van der Waals surface area contributed by atoms with E-state index in [0.29, 0.717) is 5.56 Å². The molecule has 1 aliphatic rings. The third-order valence-corrected chi connectivity index (χ3v) is 5.12. The number of furan rings is 1. The molecule has 2 atom stereocenters. The van der Waals surface area contributed by atoms with Crippen molar-refractivity contribution < 1.29 is 26.8 Å². The highest BCUT2D eigenvalue weighted by atomic mass is 32.2. The number of hydrogen-bond acceptors (Lipinski definition) is 5. The van der Waals surface area contributed by atoms with Crippen molar-refractivity contribution in [1.82, 2.24) is 0 Å². The van der Waals surface area contributed by atoms with Crippen molar-refractivity contribution in [1.29, 1.82) is 0 Å². The summed E-state index contributed by atoms with van der Waals surface area (Å²) < 4.78 is 48.2. The fourth-order valence-corrected chi connectivity index (χ4v) is 3.42. The standard InChI is InChI=1S/C16H15FO5S/c1-10-14(18)9-16(22-10,15-13(17)7-8-21-15)11-3-5-12(6-4-11)23(2,19)20/h3-8,10H,9H2,1-2H3. The summed E-state index contributed by atoms with van der Waals surface area (Å²) in [6.07, 6.45) is 1.51. The van der Waals surface area contributed by atoms with Crippen molar-refractivity contribution in [3.05, 3.63) is 53.7 Å². The molecule has 3 rings (SSSR count). The van der Waals surface area contributed by atoms with E-state index in [1.54, 1.807) is 6.92 Å². The lowest BCUT2D eigenvalue weighted by molar-refractivity contribution is -0.122. The van der Waals surface area contributed by atoms with Crippen molar-refractivity contribution in [2.24, 2.45) is 0 Å². The first kappa shape index (κ1) is 15.9. The Morgan fingerprint density at radius 2 is 1.87 bits per heavy atom. The highest BCUT2D eigenvalue weighted by molar-refractivity contribution is 7.90. The zero-order valence-electron chi connectivity index (χ0n) is 12.6. The number of ether oxygens (including phenoxy) is 1. The van der Waals surface area contributed by atoms with E-state index in [4.69, 9.17) is 9.15 Å². The topological polar surface area (TPSA) is 73.6 Å². The van der Waals surface area contributed by atoms with E-state index >= 15 is 0 Å². The Bertz CT molecular complexity index is 853. The Hall–Kier alpha value is -1.99. The minimum Gasteiger partial charge on any atom is -0.463 e. The fraction of sp³-hybridized carbons (Fsp3) is 0.312. The molecule has 0 bridgehead atoms. The Balaban J connectivity index is 2.14. The second-order valence-corrected chi connectivity index (χ2v) is 7.64. The maximum absolute atomic E-state index is 14.1. The molecular formula is C16H15FO5S. The number of carbonyl (C=O) groups is 1. The first-order valence-corrected chi connectivity index (χ1v) is 8.88. The molecule has 0 saturated carbocycles. The minimum atomic E-state index is -3.35. The van der Waals surface area contributed by atoms with Gasteiger partial charge in [0.25, 0.3) is 0 Å². The average Bonchev–Trinajstić information content (AvgIpc) is 3.03. The summed E-state index contributed by atoms with van der Waals surface area (Å²) >= 11 is 0. The van der Waals surface area contributed by atoms with E-state index < -0.39 is 27.4 Å². The molecule has 1 aliphatic heterocycles. The van der Waals surface area contributed by atoms with Crippen LogP contribution in [0.4, 0.5) is 4.39 Å². The molecule has 0 spiro atoms. The lowest BCUT2D eigenvalue weighted by Crippen LogP contribution is -2.28. The summed E-state index contributed by atoms with van der Waals surface area (Å²) in [5, 5.41) is 0. The Labute approximate surface area is 133 Å². The normalized spacial score (nSPS) is 25.0. The first-order chi connectivity index (χ1) is 10.7. The van der Waals surface area contributed by atoms with Crippen LogP contribution in [0.5, 0.6) is 0 Å². The van der Waals surface area contributed by atoms with Crippen LogP contribution < -0.4 is 0 Å². The summed E-state index contributed by atoms with van der Waals surface area (Å²) in [5.41, 5.74) is -0.906. The molecule has 5 nitrogen and oxygen atoms in total. The second kappa shape index (κ2) is 5.28. The molecule has 1 saturated heterocycles. The van der Waals surface area contributed by atoms with Crippen LogP contribution in [-0.2, 0) is 25.0 Å². The monoisotopic (exact) mass is 338 g/mol. The zero-order valence-corrected chi connectivity index (χ0v) is 13.4. The van der Waals surface area contributed by atoms with Gasteiger partial charge < -0.3 is 9.15 Å². The summed E-state index contributed by atoms with van der Waals surface area (Å²) in [7, 11) is -3.35. The Morgan fingerprint density at radius 1 is 1.22 bits per heavy atom. The molecule has 0 amide bonds. The van der Waals surface area contributed by atoms with Crippen LogP contribution in [0.15, 0.2) is 45.9 Å². The van der Waals surface area contributed by atoms with Gasteiger partial charge in [0.1, 0.15) is 6.10 Å². The lowest BCUT2D eigenvalue weighted by Gasteiger charge is -2.27. The zero-order chi connectivity index (χ0) is 16.8. The van der Waals surface area contributed by atoms with Crippen LogP contribution in [0.3, 0.4) is 0 Å². The number of halogens is 1. The number of benzene rings is 1. The predicted octanol–water partition coefficient (Wildman–Crippen LogP) is 2.44. The van der Waals surface area contributed by atoms with Gasteiger partial charge in [-0.1, -0.05) is 12.1 Å². The molecule has 7 heteroatoms. The molecule has 2 aromatic rings. The van der Waals surface area contributed by atoms with Crippen molar-refractivity contribution in [2.75, 3.05) is 6.26 Å². The molecule has 1 fully saturated rings. The van der Waals surface area contributed by atoms with Crippen LogP contribution in [0.1, 0.15) is 24.7 Å². The summed E-state index contributed by atoms with van der Waals surface area (Å²) in [5.74, 6) is -0.866. The van der Waals surface area contributed by atoms with Gasteiger partial charge in [0.05, 0.1) is 11.2 Å². The lowest BCUT2D eigenvalue weighted by atomic mass is 9.87. The number of sulfone groups is 1. The molecule has 2 heterocycles. The van der Waals surface area contributed by atoms with Gasteiger partial charge in [-0.05, 0) is 24.6 Å². The quantitative estimate of drug-likeness (QED) is 0.859. The highest BCUT2D eigenvalue weighted by Gasteiger charge is 2.50. The predicted molar refractivity (Wildman–Crippen MR) is 79.2 cm³/mol. The van der Waals surface area contributed by atoms with Gasteiger partial charge in [-0.3, -0.25) is 4.79 Å². The maximum atomic E-state index is 14.1. The summed E-state index contributed by atoms with van der Waals surface area (Å²) in [4.78, 5) is 12.1. The Kier molecular flexibility index (Phi) is 3.65. The Morgan fingerprint density at radius 3 is 2.30 bits per heavy atom. The molecule has 1 aromatic heterocycles. The molecule has 122 valence electrons. The van der Waals surface area contributed by atoms with Gasteiger partial charge in [0.15, 0.2) is 32.8 Å². The number of rotatable bonds is 3. The largest absolute Gasteiger partial charge is 0.463 e. The number of hydrogen-bond donors (Lipinski definition) is 0. The minimum absolute atomic E-state index is 0.0726. The highest BCUT2D eigenvalue weighted by Crippen LogP contribution is 2.44. The molecular weight excluding hydrogens is 323 g/mol. The van der Waals surface area contributed by atoms with Crippen LogP contribution >= 0.6 is 0 Å². The number of carbonyl (C=O) groups excluding carboxylic acids is 1. The number of Topliss-reactive ketones (excluding diaryl/α,β-unsaturated/α-hetero) is 1. The van der Waals surface area contributed by atoms with Gasteiger partial charge in [0, 0.05) is 18.7 Å². The van der Waals surface area contributed by atoms with E-state index in [2.05, 4.69) is 0 Å². The summed E-state index contributed by atoms with van der Waals surface area (Å²) in [6.45, 7) is 1.59. The van der Waals surface area contributed by atoms with E-state index in [1.807, 2.05) is 0 Å². The summed E-state index contributed by atoms with van der Waals surface area (Å²) in [6, 6.07) is 7.00. The van der Waals surface area contributed by atoms with Crippen LogP contribution in [-0.4, -0.2) is 26.6 Å². The van der Waals surface area contributed by atoms with E-state index in [0.717, 1.165) is 12.3 Å². The van der Waals surface area contributed by atoms with E-state index in [9.17, 15) is 17.6 Å². The van der Waals surface area contributed by atoms with Crippen LogP contribution in [0, 0.1) is 5.82 Å².